The van der Waals surface area contributed by atoms with E-state index in [9.17, 15) is 0 Å². The van der Waals surface area contributed by atoms with Gasteiger partial charge in [-0.25, -0.2) is 0 Å². The van der Waals surface area contributed by atoms with Crippen molar-refractivity contribution in [3.8, 4) is 0 Å². The fourth-order valence-corrected chi connectivity index (χ4v) is 5.46. The third-order valence-electron chi connectivity index (χ3n) is 3.24. The first-order chi connectivity index (χ1) is 8.21. The number of hydrogen-bond acceptors (Lipinski definition) is 3. The molecule has 0 N–H and O–H groups in total. The smallest absolute Gasteiger partial charge is 0.217 e. The standard InChI is InChI=1S/C14H24O3Si/c1-10(2)17-18(5,6)12-9-7-8-11-13(12)16-14(3,4)15-11/h7-11,13H,1-6H3/t11-,13-/m0/s1. The van der Waals surface area contributed by atoms with Gasteiger partial charge in [-0.05, 0) is 46.0 Å². The minimum Gasteiger partial charge on any atom is -0.411 e. The zero-order valence-electron chi connectivity index (χ0n) is 12.2. The molecular formula is C14H24O3Si. The molecule has 0 aromatic rings. The molecule has 1 heterocycles. The largest absolute Gasteiger partial charge is 0.411 e. The van der Waals surface area contributed by atoms with Crippen LogP contribution < -0.4 is 0 Å². The van der Waals surface area contributed by atoms with Crippen LogP contribution in [-0.2, 0) is 13.9 Å². The van der Waals surface area contributed by atoms with Gasteiger partial charge in [0.15, 0.2) is 5.79 Å². The van der Waals surface area contributed by atoms with E-state index in [0.29, 0.717) is 0 Å². The Morgan fingerprint density at radius 3 is 2.56 bits per heavy atom. The van der Waals surface area contributed by atoms with Gasteiger partial charge in [0.05, 0.1) is 0 Å². The van der Waals surface area contributed by atoms with Gasteiger partial charge in [-0.15, -0.1) is 0 Å². The average Bonchev–Trinajstić information content (AvgIpc) is 2.48. The third-order valence-corrected chi connectivity index (χ3v) is 6.14. The van der Waals surface area contributed by atoms with E-state index in [1.165, 1.54) is 5.20 Å². The quantitative estimate of drug-likeness (QED) is 0.736. The Bertz CT molecular complexity index is 383. The summed E-state index contributed by atoms with van der Waals surface area (Å²) in [5.74, 6) is -0.509. The van der Waals surface area contributed by atoms with E-state index in [1.807, 2.05) is 13.8 Å². The minimum atomic E-state index is -1.91. The Hall–Kier alpha value is -0.423. The molecule has 1 aliphatic carbocycles. The van der Waals surface area contributed by atoms with Gasteiger partial charge in [-0.1, -0.05) is 18.2 Å². The van der Waals surface area contributed by atoms with Crippen LogP contribution in [0.1, 0.15) is 27.7 Å². The molecule has 0 unspecified atom stereocenters. The van der Waals surface area contributed by atoms with Gasteiger partial charge in [-0.3, -0.25) is 0 Å². The fourth-order valence-electron chi connectivity index (χ4n) is 2.73. The number of fused-ring (bicyclic) bond motifs is 1. The summed E-state index contributed by atoms with van der Waals surface area (Å²) in [5, 5.41) is 1.29. The van der Waals surface area contributed by atoms with Crippen LogP contribution >= 0.6 is 0 Å². The Balaban J connectivity index is 2.23. The monoisotopic (exact) mass is 268 g/mol. The summed E-state index contributed by atoms with van der Waals surface area (Å²) < 4.78 is 18.1. The molecule has 2 aliphatic rings. The molecule has 18 heavy (non-hydrogen) atoms. The van der Waals surface area contributed by atoms with Crippen molar-refractivity contribution in [1.82, 2.24) is 0 Å². The molecule has 3 nitrogen and oxygen atoms in total. The maximum atomic E-state index is 6.15. The lowest BCUT2D eigenvalue weighted by Crippen LogP contribution is -2.44. The molecule has 4 heteroatoms. The normalized spacial score (nSPS) is 30.5. The average molecular weight is 268 g/mol. The summed E-state index contributed by atoms with van der Waals surface area (Å²) in [7, 11) is -1.91. The van der Waals surface area contributed by atoms with Crippen molar-refractivity contribution in [1.29, 1.82) is 0 Å². The summed E-state index contributed by atoms with van der Waals surface area (Å²) in [6.45, 7) is 12.6. The molecule has 2 atom stereocenters. The van der Waals surface area contributed by atoms with Gasteiger partial charge in [0, 0.05) is 6.10 Å². The predicted octanol–water partition coefficient (Wildman–Crippen LogP) is 3.17. The van der Waals surface area contributed by atoms with Crippen LogP contribution in [0.4, 0.5) is 0 Å². The van der Waals surface area contributed by atoms with Crippen LogP contribution in [0.2, 0.25) is 13.1 Å². The van der Waals surface area contributed by atoms with Gasteiger partial charge in [0.25, 0.3) is 0 Å². The highest BCUT2D eigenvalue weighted by atomic mass is 28.4. The third kappa shape index (κ3) is 2.77. The van der Waals surface area contributed by atoms with Crippen LogP contribution in [0.5, 0.6) is 0 Å². The lowest BCUT2D eigenvalue weighted by Gasteiger charge is -2.33. The van der Waals surface area contributed by atoms with Gasteiger partial charge in [0.2, 0.25) is 8.32 Å². The Labute approximate surface area is 111 Å². The summed E-state index contributed by atoms with van der Waals surface area (Å²) in [6.07, 6.45) is 6.59. The van der Waals surface area contributed by atoms with Crippen molar-refractivity contribution in [3.63, 3.8) is 0 Å². The highest BCUT2D eigenvalue weighted by Gasteiger charge is 2.47. The first-order valence-corrected chi connectivity index (χ1v) is 9.54. The first kappa shape index (κ1) is 14.0. The highest BCUT2D eigenvalue weighted by molar-refractivity contribution is 6.78. The van der Waals surface area contributed by atoms with E-state index in [-0.39, 0.29) is 18.3 Å². The summed E-state index contributed by atoms with van der Waals surface area (Å²) in [6, 6.07) is 0. The molecule has 1 aliphatic heterocycles. The summed E-state index contributed by atoms with van der Waals surface area (Å²) in [5.41, 5.74) is 0. The van der Waals surface area contributed by atoms with Crippen LogP contribution in [0.15, 0.2) is 23.4 Å². The van der Waals surface area contributed by atoms with Crippen molar-refractivity contribution < 1.29 is 13.9 Å². The van der Waals surface area contributed by atoms with Crippen LogP contribution in [0, 0.1) is 0 Å². The van der Waals surface area contributed by atoms with Gasteiger partial charge in [-0.2, -0.15) is 0 Å². The van der Waals surface area contributed by atoms with E-state index in [2.05, 4.69) is 45.2 Å². The molecular weight excluding hydrogens is 244 g/mol. The van der Waals surface area contributed by atoms with E-state index in [4.69, 9.17) is 13.9 Å². The van der Waals surface area contributed by atoms with E-state index in [0.717, 1.165) is 0 Å². The molecule has 0 saturated carbocycles. The maximum absolute atomic E-state index is 6.15. The zero-order valence-corrected chi connectivity index (χ0v) is 13.2. The molecule has 0 bridgehead atoms. The molecule has 1 fully saturated rings. The highest BCUT2D eigenvalue weighted by Crippen LogP contribution is 2.38. The number of allylic oxidation sites excluding steroid dienone is 2. The summed E-state index contributed by atoms with van der Waals surface area (Å²) in [4.78, 5) is 0. The van der Waals surface area contributed by atoms with Crippen LogP contribution in [-0.4, -0.2) is 32.4 Å². The molecule has 102 valence electrons. The fraction of sp³-hybridized carbons (Fsp3) is 0.714. The van der Waals surface area contributed by atoms with Crippen molar-refractivity contribution in [2.24, 2.45) is 0 Å². The van der Waals surface area contributed by atoms with Gasteiger partial charge < -0.3 is 13.9 Å². The second-order valence-electron chi connectivity index (χ2n) is 6.20. The Morgan fingerprint density at radius 2 is 1.94 bits per heavy atom. The van der Waals surface area contributed by atoms with Gasteiger partial charge >= 0.3 is 0 Å². The van der Waals surface area contributed by atoms with Crippen molar-refractivity contribution in [2.75, 3.05) is 0 Å². The molecule has 0 spiro atoms. The summed E-state index contributed by atoms with van der Waals surface area (Å²) >= 11 is 0. The predicted molar refractivity (Wildman–Crippen MR) is 74.8 cm³/mol. The second kappa shape index (κ2) is 4.60. The molecule has 2 rings (SSSR count). The second-order valence-corrected chi connectivity index (χ2v) is 10.0. The van der Waals surface area contributed by atoms with Gasteiger partial charge in [0.1, 0.15) is 12.2 Å². The Kier molecular flexibility index (Phi) is 3.58. The van der Waals surface area contributed by atoms with Crippen LogP contribution in [0.3, 0.4) is 0 Å². The molecule has 0 radical (unpaired) electrons. The number of ether oxygens (including phenoxy) is 2. The lowest BCUT2D eigenvalue weighted by atomic mass is 10.1. The zero-order chi connectivity index (χ0) is 13.6. The topological polar surface area (TPSA) is 27.7 Å². The Morgan fingerprint density at radius 1 is 1.28 bits per heavy atom. The van der Waals surface area contributed by atoms with E-state index >= 15 is 0 Å². The molecule has 1 saturated heterocycles. The maximum Gasteiger partial charge on any atom is 0.217 e. The van der Waals surface area contributed by atoms with Crippen molar-refractivity contribution >= 4 is 8.32 Å². The molecule has 0 amide bonds. The SMILES string of the molecule is CC(C)O[Si](C)(C)C1=CC=C[C@@H]2OC(C)(C)O[C@H]12. The number of rotatable bonds is 3. The van der Waals surface area contributed by atoms with Crippen LogP contribution in [0.25, 0.3) is 0 Å². The van der Waals surface area contributed by atoms with E-state index in [1.54, 1.807) is 0 Å². The molecule has 0 aromatic carbocycles. The van der Waals surface area contributed by atoms with Crippen molar-refractivity contribution in [3.05, 3.63) is 23.4 Å². The number of hydrogen-bond donors (Lipinski definition) is 0. The van der Waals surface area contributed by atoms with E-state index < -0.39 is 14.1 Å². The lowest BCUT2D eigenvalue weighted by molar-refractivity contribution is -0.139. The minimum absolute atomic E-state index is 0.0189. The first-order valence-electron chi connectivity index (χ1n) is 6.63. The molecule has 0 aromatic heterocycles. The van der Waals surface area contributed by atoms with Crippen molar-refractivity contribution in [2.45, 2.75) is 64.9 Å².